The molecule has 5 nitrogen and oxygen atoms in total. The van der Waals surface area contributed by atoms with Gasteiger partial charge in [0.2, 0.25) is 0 Å². The molecule has 1 aliphatic carbocycles. The minimum Gasteiger partial charge on any atom is -0.304 e. The molecule has 100 valence electrons. The van der Waals surface area contributed by atoms with E-state index in [0.717, 1.165) is 18.2 Å². The molecule has 4 rings (SSSR count). The van der Waals surface area contributed by atoms with Crippen LogP contribution >= 0.6 is 0 Å². The quantitative estimate of drug-likeness (QED) is 0.850. The highest BCUT2D eigenvalue weighted by Crippen LogP contribution is 2.36. The van der Waals surface area contributed by atoms with Gasteiger partial charge in [-0.2, -0.15) is 0 Å². The van der Waals surface area contributed by atoms with Crippen LogP contribution in [0.2, 0.25) is 0 Å². The second kappa shape index (κ2) is 4.56. The smallest absolute Gasteiger partial charge is 0.254 e. The Balaban J connectivity index is 1.62. The van der Waals surface area contributed by atoms with Crippen LogP contribution in [0.15, 0.2) is 18.5 Å². The molecule has 3 heterocycles. The molecular weight excluding hydrogens is 238 g/mol. The molecule has 5 heteroatoms. The fourth-order valence-corrected chi connectivity index (χ4v) is 3.70. The molecule has 3 unspecified atom stereocenters. The van der Waals surface area contributed by atoms with Crippen LogP contribution in [-0.2, 0) is 0 Å². The second-order valence-corrected chi connectivity index (χ2v) is 5.80. The maximum absolute atomic E-state index is 4.34. The summed E-state index contributed by atoms with van der Waals surface area (Å²) in [5, 5.41) is 12.3. The molecule has 3 atom stereocenters. The van der Waals surface area contributed by atoms with Gasteiger partial charge in [-0.15, -0.1) is 10.2 Å². The maximum atomic E-state index is 4.34. The van der Waals surface area contributed by atoms with E-state index in [1.165, 1.54) is 32.1 Å². The molecule has 2 aromatic rings. The zero-order chi connectivity index (χ0) is 12.7. The minimum absolute atomic E-state index is 0.332. The number of hydrogen-bond donors (Lipinski definition) is 1. The third-order valence-corrected chi connectivity index (χ3v) is 4.68. The highest BCUT2D eigenvalue weighted by molar-refractivity contribution is 5.27. The Hall–Kier alpha value is -1.49. The third kappa shape index (κ3) is 1.92. The van der Waals surface area contributed by atoms with E-state index in [2.05, 4.69) is 20.5 Å². The molecule has 0 amide bonds. The number of aromatic nitrogens is 4. The van der Waals surface area contributed by atoms with E-state index >= 15 is 0 Å². The van der Waals surface area contributed by atoms with Gasteiger partial charge in [0.25, 0.3) is 5.78 Å². The largest absolute Gasteiger partial charge is 0.304 e. The molecule has 1 saturated carbocycles. The van der Waals surface area contributed by atoms with Crippen molar-refractivity contribution in [2.45, 2.75) is 50.6 Å². The average molecular weight is 257 g/mol. The summed E-state index contributed by atoms with van der Waals surface area (Å²) in [4.78, 5) is 4.24. The fourth-order valence-electron chi connectivity index (χ4n) is 3.70. The van der Waals surface area contributed by atoms with Gasteiger partial charge < -0.3 is 5.32 Å². The molecule has 1 saturated heterocycles. The van der Waals surface area contributed by atoms with Gasteiger partial charge in [0.15, 0.2) is 5.82 Å². The Morgan fingerprint density at radius 1 is 1.11 bits per heavy atom. The summed E-state index contributed by atoms with van der Waals surface area (Å²) >= 11 is 0. The SMILES string of the molecule is c1cnc2nnc(C3CCC4CCCCC4N3)n2c1. The number of rotatable bonds is 1. The Labute approximate surface area is 112 Å². The van der Waals surface area contributed by atoms with E-state index in [-0.39, 0.29) is 0 Å². The summed E-state index contributed by atoms with van der Waals surface area (Å²) in [6.45, 7) is 0. The molecule has 1 aliphatic heterocycles. The average Bonchev–Trinajstić information content (AvgIpc) is 2.91. The Bertz CT molecular complexity index is 578. The summed E-state index contributed by atoms with van der Waals surface area (Å²) in [5.41, 5.74) is 0. The predicted octanol–water partition coefficient (Wildman–Crippen LogP) is 2.11. The summed E-state index contributed by atoms with van der Waals surface area (Å²) in [6, 6.07) is 2.95. The van der Waals surface area contributed by atoms with Gasteiger partial charge in [0.05, 0.1) is 6.04 Å². The van der Waals surface area contributed by atoms with Gasteiger partial charge in [0.1, 0.15) is 0 Å². The van der Waals surface area contributed by atoms with E-state index in [0.29, 0.717) is 17.9 Å². The van der Waals surface area contributed by atoms with E-state index in [4.69, 9.17) is 0 Å². The Kier molecular flexibility index (Phi) is 2.72. The van der Waals surface area contributed by atoms with E-state index in [1.54, 1.807) is 6.20 Å². The molecule has 2 aromatic heterocycles. The topological polar surface area (TPSA) is 55.1 Å². The second-order valence-electron chi connectivity index (χ2n) is 5.80. The van der Waals surface area contributed by atoms with Crippen LogP contribution in [0.5, 0.6) is 0 Å². The Morgan fingerprint density at radius 3 is 3.05 bits per heavy atom. The van der Waals surface area contributed by atoms with Crippen molar-refractivity contribution >= 4 is 5.78 Å². The number of fused-ring (bicyclic) bond motifs is 2. The van der Waals surface area contributed by atoms with Crippen molar-refractivity contribution in [2.24, 2.45) is 5.92 Å². The molecule has 0 aromatic carbocycles. The molecule has 1 N–H and O–H groups in total. The van der Waals surface area contributed by atoms with Gasteiger partial charge in [0, 0.05) is 18.4 Å². The van der Waals surface area contributed by atoms with Crippen molar-refractivity contribution in [1.29, 1.82) is 0 Å². The van der Waals surface area contributed by atoms with E-state index in [9.17, 15) is 0 Å². The van der Waals surface area contributed by atoms with Gasteiger partial charge in [-0.3, -0.25) is 4.40 Å². The first-order valence-corrected chi connectivity index (χ1v) is 7.33. The molecular formula is C14H19N5. The van der Waals surface area contributed by atoms with Crippen molar-refractivity contribution in [2.75, 3.05) is 0 Å². The van der Waals surface area contributed by atoms with Crippen molar-refractivity contribution in [3.63, 3.8) is 0 Å². The number of nitrogens with zero attached hydrogens (tertiary/aromatic N) is 4. The van der Waals surface area contributed by atoms with E-state index < -0.39 is 0 Å². The van der Waals surface area contributed by atoms with Gasteiger partial charge in [-0.25, -0.2) is 4.98 Å². The van der Waals surface area contributed by atoms with Gasteiger partial charge in [-0.1, -0.05) is 12.8 Å². The number of piperidine rings is 1. The predicted molar refractivity (Wildman–Crippen MR) is 71.6 cm³/mol. The molecule has 2 aliphatic rings. The molecule has 0 radical (unpaired) electrons. The highest BCUT2D eigenvalue weighted by Gasteiger charge is 2.33. The van der Waals surface area contributed by atoms with Crippen LogP contribution in [0.3, 0.4) is 0 Å². The molecule has 0 bridgehead atoms. The fraction of sp³-hybridized carbons (Fsp3) is 0.643. The molecule has 19 heavy (non-hydrogen) atoms. The van der Waals surface area contributed by atoms with Crippen LogP contribution in [0.1, 0.15) is 50.4 Å². The normalized spacial score (nSPS) is 31.3. The molecule has 2 fully saturated rings. The van der Waals surface area contributed by atoms with Crippen molar-refractivity contribution in [3.05, 3.63) is 24.3 Å². The minimum atomic E-state index is 0.332. The van der Waals surface area contributed by atoms with E-state index in [1.807, 2.05) is 16.7 Å². The van der Waals surface area contributed by atoms with Crippen molar-refractivity contribution in [3.8, 4) is 0 Å². The van der Waals surface area contributed by atoms with Crippen LogP contribution < -0.4 is 5.32 Å². The van der Waals surface area contributed by atoms with Crippen LogP contribution in [0, 0.1) is 5.92 Å². The summed E-state index contributed by atoms with van der Waals surface area (Å²) in [6.07, 6.45) is 11.7. The van der Waals surface area contributed by atoms with Crippen LogP contribution in [0.4, 0.5) is 0 Å². The number of hydrogen-bond acceptors (Lipinski definition) is 4. The summed E-state index contributed by atoms with van der Waals surface area (Å²) < 4.78 is 2.01. The summed E-state index contributed by atoms with van der Waals surface area (Å²) in [5.74, 6) is 2.60. The first kappa shape index (κ1) is 11.3. The van der Waals surface area contributed by atoms with Crippen molar-refractivity contribution < 1.29 is 0 Å². The zero-order valence-electron chi connectivity index (χ0n) is 11.0. The van der Waals surface area contributed by atoms with Crippen LogP contribution in [0.25, 0.3) is 5.78 Å². The lowest BCUT2D eigenvalue weighted by Gasteiger charge is -2.39. The lowest BCUT2D eigenvalue weighted by atomic mass is 9.77. The van der Waals surface area contributed by atoms with Gasteiger partial charge in [-0.05, 0) is 37.7 Å². The zero-order valence-corrected chi connectivity index (χ0v) is 11.0. The Morgan fingerprint density at radius 2 is 2.05 bits per heavy atom. The maximum Gasteiger partial charge on any atom is 0.254 e. The lowest BCUT2D eigenvalue weighted by Crippen LogP contribution is -2.45. The first-order valence-electron chi connectivity index (χ1n) is 7.33. The van der Waals surface area contributed by atoms with Gasteiger partial charge >= 0.3 is 0 Å². The number of nitrogens with one attached hydrogen (secondary N) is 1. The lowest BCUT2D eigenvalue weighted by molar-refractivity contribution is 0.173. The summed E-state index contributed by atoms with van der Waals surface area (Å²) in [7, 11) is 0. The highest BCUT2D eigenvalue weighted by atomic mass is 15.3. The first-order chi connectivity index (χ1) is 9.42. The third-order valence-electron chi connectivity index (χ3n) is 4.68. The standard InChI is InChI=1S/C14H19N5/c1-2-5-11-10(4-1)6-7-12(16-11)13-17-18-14-15-8-3-9-19(13)14/h3,8-12,16H,1-2,4-7H2. The van der Waals surface area contributed by atoms with Crippen LogP contribution in [-0.4, -0.2) is 25.6 Å². The van der Waals surface area contributed by atoms with Crippen molar-refractivity contribution in [1.82, 2.24) is 24.9 Å². The monoisotopic (exact) mass is 257 g/mol. The molecule has 0 spiro atoms.